The quantitative estimate of drug-likeness (QED) is 0.585. The topological polar surface area (TPSA) is 45.8 Å². The molecule has 3 rings (SSSR count). The molecule has 0 aliphatic rings. The Balaban J connectivity index is 1.88. The molecule has 0 aliphatic carbocycles. The molecule has 0 unspecified atom stereocenters. The van der Waals surface area contributed by atoms with Crippen molar-refractivity contribution in [3.05, 3.63) is 56.4 Å². The van der Waals surface area contributed by atoms with Crippen LogP contribution in [0.5, 0.6) is 0 Å². The lowest BCUT2D eigenvalue weighted by atomic mass is 10.2. The number of fused-ring (bicyclic) bond motifs is 1. The molecule has 0 saturated carbocycles. The Morgan fingerprint density at radius 3 is 2.71 bits per heavy atom. The van der Waals surface area contributed by atoms with Gasteiger partial charge in [0.05, 0.1) is 5.39 Å². The van der Waals surface area contributed by atoms with E-state index in [1.165, 1.54) is 35.2 Å². The zero-order valence-electron chi connectivity index (χ0n) is 11.6. The van der Waals surface area contributed by atoms with Crippen LogP contribution in [0.2, 0.25) is 0 Å². The smallest absolute Gasteiger partial charge is 0.260 e. The number of hydrogen-bond donors (Lipinski definition) is 1. The van der Waals surface area contributed by atoms with Gasteiger partial charge in [-0.1, -0.05) is 23.9 Å². The number of aromatic amines is 1. The van der Waals surface area contributed by atoms with Crippen LogP contribution in [0.3, 0.4) is 0 Å². The highest BCUT2D eigenvalue weighted by Gasteiger charge is 2.12. The second-order valence-corrected chi connectivity index (χ2v) is 6.92. The number of thioether (sulfide) groups is 1. The maximum absolute atomic E-state index is 12.9. The second kappa shape index (κ2) is 5.61. The first kappa shape index (κ1) is 14.3. The third-order valence-corrected chi connectivity index (χ3v) is 5.35. The van der Waals surface area contributed by atoms with Crippen LogP contribution < -0.4 is 5.56 Å². The van der Waals surface area contributed by atoms with Crippen LogP contribution in [-0.2, 0) is 5.75 Å². The monoisotopic (exact) mass is 320 g/mol. The summed E-state index contributed by atoms with van der Waals surface area (Å²) < 4.78 is 12.9. The lowest BCUT2D eigenvalue weighted by molar-refractivity contribution is 0.627. The largest absolute Gasteiger partial charge is 0.301 e. The van der Waals surface area contributed by atoms with Crippen LogP contribution in [0.4, 0.5) is 4.39 Å². The molecule has 1 aromatic carbocycles. The van der Waals surface area contributed by atoms with Gasteiger partial charge in [-0.15, -0.1) is 11.3 Å². The number of halogens is 1. The standard InChI is InChI=1S/C15H13FN2OS2/c1-8-9(2)21-14-12(8)13(19)17-15(18-14)20-7-10-3-5-11(16)6-4-10/h3-6H,7H2,1-2H3,(H,17,18,19). The van der Waals surface area contributed by atoms with Crippen molar-refractivity contribution in [1.82, 2.24) is 9.97 Å². The number of aryl methyl sites for hydroxylation is 2. The molecule has 2 aromatic heterocycles. The Kier molecular flexibility index (Phi) is 3.82. The minimum Gasteiger partial charge on any atom is -0.301 e. The van der Waals surface area contributed by atoms with Crippen molar-refractivity contribution in [3.63, 3.8) is 0 Å². The lowest BCUT2D eigenvalue weighted by Gasteiger charge is -2.01. The Morgan fingerprint density at radius 2 is 2.00 bits per heavy atom. The van der Waals surface area contributed by atoms with Gasteiger partial charge in [-0.05, 0) is 37.1 Å². The third kappa shape index (κ3) is 2.87. The molecule has 0 aliphatic heterocycles. The number of aromatic nitrogens is 2. The Bertz CT molecular complexity index is 852. The highest BCUT2D eigenvalue weighted by molar-refractivity contribution is 7.98. The van der Waals surface area contributed by atoms with Gasteiger partial charge < -0.3 is 4.98 Å². The summed E-state index contributed by atoms with van der Waals surface area (Å²) in [6.07, 6.45) is 0. The molecule has 0 fully saturated rings. The summed E-state index contributed by atoms with van der Waals surface area (Å²) >= 11 is 2.98. The first-order valence-corrected chi connectivity index (χ1v) is 8.22. The zero-order chi connectivity index (χ0) is 15.0. The molecule has 0 radical (unpaired) electrons. The second-order valence-electron chi connectivity index (χ2n) is 4.75. The number of H-pyrrole nitrogens is 1. The van der Waals surface area contributed by atoms with Gasteiger partial charge in [-0.3, -0.25) is 4.79 Å². The predicted molar refractivity (Wildman–Crippen MR) is 85.7 cm³/mol. The van der Waals surface area contributed by atoms with E-state index in [9.17, 15) is 9.18 Å². The summed E-state index contributed by atoms with van der Waals surface area (Å²) in [6.45, 7) is 3.93. The summed E-state index contributed by atoms with van der Waals surface area (Å²) in [5.74, 6) is 0.388. The molecule has 6 heteroatoms. The molecule has 0 atom stereocenters. The van der Waals surface area contributed by atoms with E-state index in [0.29, 0.717) is 16.3 Å². The fraction of sp³-hybridized carbons (Fsp3) is 0.200. The van der Waals surface area contributed by atoms with Crippen molar-refractivity contribution < 1.29 is 4.39 Å². The number of nitrogens with one attached hydrogen (secondary N) is 1. The maximum atomic E-state index is 12.9. The first-order chi connectivity index (χ1) is 10.0. The Labute approximate surface area is 129 Å². The summed E-state index contributed by atoms with van der Waals surface area (Å²) in [7, 11) is 0. The fourth-order valence-electron chi connectivity index (χ4n) is 2.04. The molecule has 0 saturated heterocycles. The molecule has 1 N–H and O–H groups in total. The van der Waals surface area contributed by atoms with Crippen molar-refractivity contribution in [1.29, 1.82) is 0 Å². The predicted octanol–water partition coefficient (Wildman–Crippen LogP) is 4.03. The third-order valence-electron chi connectivity index (χ3n) is 3.31. The van der Waals surface area contributed by atoms with Crippen molar-refractivity contribution >= 4 is 33.3 Å². The van der Waals surface area contributed by atoms with Crippen LogP contribution in [0.1, 0.15) is 16.0 Å². The Hall–Kier alpha value is -1.66. The number of thiophene rings is 1. The number of nitrogens with zero attached hydrogens (tertiary/aromatic N) is 1. The van der Waals surface area contributed by atoms with E-state index >= 15 is 0 Å². The van der Waals surface area contributed by atoms with E-state index in [0.717, 1.165) is 20.8 Å². The highest BCUT2D eigenvalue weighted by Crippen LogP contribution is 2.28. The molecule has 0 amide bonds. The first-order valence-electron chi connectivity index (χ1n) is 6.42. The SMILES string of the molecule is Cc1sc2nc(SCc3ccc(F)cc3)[nH]c(=O)c2c1C. The van der Waals surface area contributed by atoms with Gasteiger partial charge in [-0.2, -0.15) is 0 Å². The van der Waals surface area contributed by atoms with Crippen LogP contribution in [-0.4, -0.2) is 9.97 Å². The maximum Gasteiger partial charge on any atom is 0.260 e. The van der Waals surface area contributed by atoms with Crippen molar-refractivity contribution in [2.24, 2.45) is 0 Å². The van der Waals surface area contributed by atoms with E-state index in [1.807, 2.05) is 13.8 Å². The minimum absolute atomic E-state index is 0.0940. The van der Waals surface area contributed by atoms with Gasteiger partial charge in [0.15, 0.2) is 5.16 Å². The molecule has 3 nitrogen and oxygen atoms in total. The lowest BCUT2D eigenvalue weighted by Crippen LogP contribution is -2.08. The van der Waals surface area contributed by atoms with Crippen molar-refractivity contribution in [3.8, 4) is 0 Å². The molecule has 0 bridgehead atoms. The van der Waals surface area contributed by atoms with E-state index in [1.54, 1.807) is 12.1 Å². The van der Waals surface area contributed by atoms with E-state index < -0.39 is 0 Å². The number of hydrogen-bond acceptors (Lipinski definition) is 4. The van der Waals surface area contributed by atoms with Gasteiger partial charge in [-0.25, -0.2) is 9.37 Å². The van der Waals surface area contributed by atoms with Crippen LogP contribution >= 0.6 is 23.1 Å². The number of benzene rings is 1. The summed E-state index contributed by atoms with van der Waals surface area (Å²) in [5, 5.41) is 1.28. The molecule has 3 aromatic rings. The molecule has 0 spiro atoms. The average Bonchev–Trinajstić information content (AvgIpc) is 2.74. The molecule has 108 valence electrons. The van der Waals surface area contributed by atoms with E-state index in [-0.39, 0.29) is 11.4 Å². The van der Waals surface area contributed by atoms with Crippen molar-refractivity contribution in [2.45, 2.75) is 24.8 Å². The summed E-state index contributed by atoms with van der Waals surface area (Å²) in [5.41, 5.74) is 1.89. The van der Waals surface area contributed by atoms with Gasteiger partial charge in [0.1, 0.15) is 10.6 Å². The van der Waals surface area contributed by atoms with Gasteiger partial charge in [0, 0.05) is 10.6 Å². The normalized spacial score (nSPS) is 11.2. The minimum atomic E-state index is -0.249. The highest BCUT2D eigenvalue weighted by atomic mass is 32.2. The van der Waals surface area contributed by atoms with Crippen LogP contribution in [0.25, 0.3) is 10.2 Å². The number of rotatable bonds is 3. The van der Waals surface area contributed by atoms with E-state index in [4.69, 9.17) is 0 Å². The van der Waals surface area contributed by atoms with Gasteiger partial charge in [0.25, 0.3) is 5.56 Å². The Morgan fingerprint density at radius 1 is 1.29 bits per heavy atom. The average molecular weight is 320 g/mol. The summed E-state index contributed by atoms with van der Waals surface area (Å²) in [6, 6.07) is 6.33. The van der Waals surface area contributed by atoms with Gasteiger partial charge >= 0.3 is 0 Å². The molecular weight excluding hydrogens is 307 g/mol. The van der Waals surface area contributed by atoms with Gasteiger partial charge in [0.2, 0.25) is 0 Å². The molecular formula is C15H13FN2OS2. The zero-order valence-corrected chi connectivity index (χ0v) is 13.2. The van der Waals surface area contributed by atoms with Crippen LogP contribution in [0, 0.1) is 19.7 Å². The molecule has 2 heterocycles. The summed E-state index contributed by atoms with van der Waals surface area (Å²) in [4.78, 5) is 21.3. The fourth-order valence-corrected chi connectivity index (χ4v) is 3.94. The van der Waals surface area contributed by atoms with Crippen molar-refractivity contribution in [2.75, 3.05) is 0 Å². The van der Waals surface area contributed by atoms with E-state index in [2.05, 4.69) is 9.97 Å². The molecule has 21 heavy (non-hydrogen) atoms. The van der Waals surface area contributed by atoms with Crippen LogP contribution in [0.15, 0.2) is 34.2 Å².